The first kappa shape index (κ1) is 29.6. The number of hydrogen-bond donors (Lipinski definition) is 2. The van der Waals surface area contributed by atoms with Crippen LogP contribution in [0, 0.1) is 25.7 Å². The summed E-state index contributed by atoms with van der Waals surface area (Å²) in [5.74, 6) is -5.23. The molecule has 0 saturated carbocycles. The maximum absolute atomic E-state index is 14.2. The smallest absolute Gasteiger partial charge is 0.327 e. The van der Waals surface area contributed by atoms with Gasteiger partial charge in [0.2, 0.25) is 11.8 Å². The topological polar surface area (TPSA) is 123 Å². The first-order chi connectivity index (χ1) is 21.1. The molecule has 44 heavy (non-hydrogen) atoms. The maximum atomic E-state index is 14.2. The van der Waals surface area contributed by atoms with Crippen molar-refractivity contribution in [2.24, 2.45) is 18.9 Å². The van der Waals surface area contributed by atoms with E-state index in [0.717, 1.165) is 16.0 Å². The average Bonchev–Trinajstić information content (AvgIpc) is 3.57. The van der Waals surface area contributed by atoms with Gasteiger partial charge in [0.25, 0.3) is 5.56 Å². The van der Waals surface area contributed by atoms with Crippen LogP contribution in [0.1, 0.15) is 28.4 Å². The van der Waals surface area contributed by atoms with E-state index in [1.165, 1.54) is 10.7 Å². The lowest BCUT2D eigenvalue weighted by Crippen LogP contribution is -2.59. The predicted octanol–water partition coefficient (Wildman–Crippen LogP) is 3.94. The molecule has 2 N–H and O–H groups in total. The molecule has 6 rings (SSSR count). The van der Waals surface area contributed by atoms with E-state index in [-0.39, 0.29) is 17.9 Å². The molecule has 10 nitrogen and oxygen atoms in total. The summed E-state index contributed by atoms with van der Waals surface area (Å²) in [4.78, 5) is 56.7. The van der Waals surface area contributed by atoms with Gasteiger partial charge in [0, 0.05) is 17.8 Å². The van der Waals surface area contributed by atoms with E-state index in [1.54, 1.807) is 62.0 Å². The summed E-state index contributed by atoms with van der Waals surface area (Å²) in [7, 11) is 1.72. The Bertz CT molecular complexity index is 1840. The minimum absolute atomic E-state index is 0.0875. The minimum Gasteiger partial charge on any atom is -0.480 e. The Kier molecular flexibility index (Phi) is 7.53. The molecule has 2 amide bonds. The molecule has 4 unspecified atom stereocenters. The van der Waals surface area contributed by atoms with Gasteiger partial charge >= 0.3 is 5.97 Å². The second kappa shape index (κ2) is 11.2. The number of para-hydroxylation sites is 1. The van der Waals surface area contributed by atoms with Gasteiger partial charge in [-0.05, 0) is 49.2 Å². The van der Waals surface area contributed by atoms with Gasteiger partial charge in [-0.25, -0.2) is 9.58 Å². The molecule has 11 heteroatoms. The molecule has 2 saturated heterocycles. The van der Waals surface area contributed by atoms with Crippen LogP contribution >= 0.6 is 11.6 Å². The molecule has 4 aromatic rings. The van der Waals surface area contributed by atoms with Crippen molar-refractivity contribution in [3.05, 3.63) is 117 Å². The van der Waals surface area contributed by atoms with E-state index in [9.17, 15) is 24.3 Å². The number of amides is 2. The third kappa shape index (κ3) is 4.57. The summed E-state index contributed by atoms with van der Waals surface area (Å²) in [5, 5.41) is 14.2. The van der Waals surface area contributed by atoms with E-state index in [4.69, 9.17) is 16.3 Å². The molecule has 4 atom stereocenters. The number of benzene rings is 3. The Morgan fingerprint density at radius 1 is 0.955 bits per heavy atom. The molecule has 3 heterocycles. The molecular formula is C33H31ClN4O6. The molecule has 2 fully saturated rings. The Morgan fingerprint density at radius 2 is 1.61 bits per heavy atom. The summed E-state index contributed by atoms with van der Waals surface area (Å²) < 4.78 is 9.07. The van der Waals surface area contributed by atoms with Gasteiger partial charge in [-0.3, -0.25) is 29.2 Å². The van der Waals surface area contributed by atoms with Crippen molar-refractivity contribution < 1.29 is 24.2 Å². The van der Waals surface area contributed by atoms with Crippen molar-refractivity contribution in [3.63, 3.8) is 0 Å². The number of hydrogen-bond acceptors (Lipinski definition) is 6. The normalized spacial score (nSPS) is 22.9. The zero-order valence-electron chi connectivity index (χ0n) is 24.4. The zero-order chi connectivity index (χ0) is 31.3. The van der Waals surface area contributed by atoms with Crippen molar-refractivity contribution in [3.8, 4) is 5.69 Å². The lowest BCUT2D eigenvalue weighted by atomic mass is 9.79. The SMILES string of the molecule is Cc1ccc(N2C(=O)C3C(c4c(C)n(C)n(-c5ccccc5)c4=O)NC(COCc4ccccc4)(C(=O)O)C3C2=O)cc1Cl. The van der Waals surface area contributed by atoms with Crippen molar-refractivity contribution in [2.45, 2.75) is 32.0 Å². The fourth-order valence-corrected chi connectivity index (χ4v) is 6.64. The third-order valence-corrected chi connectivity index (χ3v) is 9.21. The van der Waals surface area contributed by atoms with Crippen molar-refractivity contribution >= 4 is 35.1 Å². The summed E-state index contributed by atoms with van der Waals surface area (Å²) in [6, 6.07) is 21.9. The van der Waals surface area contributed by atoms with Crippen LogP contribution in [0.15, 0.2) is 83.7 Å². The number of fused-ring (bicyclic) bond motifs is 1. The third-order valence-electron chi connectivity index (χ3n) is 8.80. The van der Waals surface area contributed by atoms with Crippen molar-refractivity contribution in [1.29, 1.82) is 0 Å². The quantitative estimate of drug-likeness (QED) is 0.288. The summed E-state index contributed by atoms with van der Waals surface area (Å²) in [6.07, 6.45) is 0. The number of carbonyl (C=O) groups excluding carboxylic acids is 2. The Balaban J connectivity index is 1.48. The maximum Gasteiger partial charge on any atom is 0.327 e. The van der Waals surface area contributed by atoms with Crippen LogP contribution in [0.5, 0.6) is 0 Å². The lowest BCUT2D eigenvalue weighted by molar-refractivity contribution is -0.152. The average molecular weight is 615 g/mol. The van der Waals surface area contributed by atoms with Gasteiger partial charge in [0.05, 0.1) is 48.0 Å². The number of rotatable bonds is 8. The highest BCUT2D eigenvalue weighted by Crippen LogP contribution is 2.50. The first-order valence-electron chi connectivity index (χ1n) is 14.2. The van der Waals surface area contributed by atoms with E-state index in [1.807, 2.05) is 36.4 Å². The highest BCUT2D eigenvalue weighted by Gasteiger charge is 2.69. The number of carboxylic acids is 1. The van der Waals surface area contributed by atoms with Gasteiger partial charge in [-0.2, -0.15) is 0 Å². The molecule has 0 spiro atoms. The first-order valence-corrected chi connectivity index (χ1v) is 14.5. The second-order valence-corrected chi connectivity index (χ2v) is 11.7. The van der Waals surface area contributed by atoms with Crippen LogP contribution in [-0.4, -0.2) is 44.4 Å². The van der Waals surface area contributed by atoms with Crippen LogP contribution < -0.4 is 15.8 Å². The fraction of sp³-hybridized carbons (Fsp3) is 0.273. The van der Waals surface area contributed by atoms with Gasteiger partial charge < -0.3 is 9.84 Å². The van der Waals surface area contributed by atoms with E-state index < -0.39 is 53.4 Å². The molecule has 0 aliphatic carbocycles. The van der Waals surface area contributed by atoms with Gasteiger partial charge in [-0.1, -0.05) is 66.2 Å². The Hall–Kier alpha value is -4.51. The summed E-state index contributed by atoms with van der Waals surface area (Å²) in [5.41, 5.74) is 0.714. The number of aromatic nitrogens is 2. The number of nitrogens with zero attached hydrogens (tertiary/aromatic N) is 3. The molecule has 226 valence electrons. The zero-order valence-corrected chi connectivity index (χ0v) is 25.1. The number of imide groups is 1. The molecule has 3 aromatic carbocycles. The van der Waals surface area contributed by atoms with E-state index >= 15 is 0 Å². The number of aliphatic carboxylic acids is 1. The Labute approximate surface area is 258 Å². The fourth-order valence-electron chi connectivity index (χ4n) is 6.47. The number of carboxylic acid groups (broad SMARTS) is 1. The largest absolute Gasteiger partial charge is 0.480 e. The van der Waals surface area contributed by atoms with Crippen LogP contribution in [0.25, 0.3) is 5.69 Å². The molecule has 0 bridgehead atoms. The standard InChI is InChI=1S/C33H31ClN4O6/c1-19-14-15-23(16-24(19)34)37-29(39)26-27(31(37)41)33(32(42)43,18-44-17-21-10-6-4-7-11-21)35-28(26)25-20(2)36(3)38(30(25)40)22-12-8-5-9-13-22/h4-16,26-28,35H,17-18H2,1-3H3,(H,42,43). The van der Waals surface area contributed by atoms with E-state index in [0.29, 0.717) is 16.4 Å². The number of carbonyl (C=O) groups is 3. The van der Waals surface area contributed by atoms with Crippen LogP contribution in [0.4, 0.5) is 5.69 Å². The number of anilines is 1. The van der Waals surface area contributed by atoms with E-state index in [2.05, 4.69) is 5.32 Å². The Morgan fingerprint density at radius 3 is 2.25 bits per heavy atom. The minimum atomic E-state index is -2.01. The van der Waals surface area contributed by atoms with Crippen molar-refractivity contribution in [2.75, 3.05) is 11.5 Å². The molecule has 0 radical (unpaired) electrons. The summed E-state index contributed by atoms with van der Waals surface area (Å²) >= 11 is 6.36. The summed E-state index contributed by atoms with van der Waals surface area (Å²) in [6.45, 7) is 3.20. The highest BCUT2D eigenvalue weighted by molar-refractivity contribution is 6.32. The monoisotopic (exact) mass is 614 g/mol. The van der Waals surface area contributed by atoms with Gasteiger partial charge in [0.15, 0.2) is 5.54 Å². The predicted molar refractivity (Wildman–Crippen MR) is 164 cm³/mol. The van der Waals surface area contributed by atoms with Crippen LogP contribution in [0.3, 0.4) is 0 Å². The number of halogens is 1. The van der Waals surface area contributed by atoms with Crippen LogP contribution in [0.2, 0.25) is 5.02 Å². The number of ether oxygens (including phenoxy) is 1. The molecule has 2 aliphatic heterocycles. The van der Waals surface area contributed by atoms with Crippen molar-refractivity contribution in [1.82, 2.24) is 14.7 Å². The van der Waals surface area contributed by atoms with Crippen LogP contribution in [-0.2, 0) is 32.8 Å². The van der Waals surface area contributed by atoms with Gasteiger partial charge in [-0.15, -0.1) is 0 Å². The van der Waals surface area contributed by atoms with Gasteiger partial charge in [0.1, 0.15) is 0 Å². The molecular weight excluding hydrogens is 584 g/mol. The molecule has 2 aliphatic rings. The second-order valence-electron chi connectivity index (χ2n) is 11.3. The lowest BCUT2D eigenvalue weighted by Gasteiger charge is -2.31. The number of nitrogens with one attached hydrogen (secondary N) is 1. The highest BCUT2D eigenvalue weighted by atomic mass is 35.5. The number of aryl methyl sites for hydroxylation is 1. The molecule has 1 aromatic heterocycles.